The van der Waals surface area contributed by atoms with Crippen LogP contribution in [0.3, 0.4) is 0 Å². The average Bonchev–Trinajstić information content (AvgIpc) is 2.61. The largest absolute Gasteiger partial charge is 0.467 e. The van der Waals surface area contributed by atoms with E-state index in [1.807, 2.05) is 74.5 Å². The van der Waals surface area contributed by atoms with Crippen molar-refractivity contribution in [2.45, 2.75) is 25.8 Å². The number of ether oxygens (including phenoxy) is 1. The molecule has 0 fully saturated rings. The maximum Gasteiger partial charge on any atom is 0.328 e. The highest BCUT2D eigenvalue weighted by atomic mass is 16.5. The van der Waals surface area contributed by atoms with E-state index < -0.39 is 17.9 Å². The van der Waals surface area contributed by atoms with Gasteiger partial charge < -0.3 is 10.1 Å². The Balaban J connectivity index is 2.34. The maximum absolute atomic E-state index is 13.0. The molecule has 0 heterocycles. The molecule has 1 atom stereocenters. The molecule has 2 aromatic rings. The van der Waals surface area contributed by atoms with E-state index in [1.165, 1.54) is 7.11 Å². The van der Waals surface area contributed by atoms with Gasteiger partial charge in [-0.25, -0.2) is 4.79 Å². The fraction of sp³-hybridized carbons (Fsp3) is 0.300. The van der Waals surface area contributed by atoms with E-state index in [1.54, 1.807) is 0 Å². The molecule has 1 amide bonds. The summed E-state index contributed by atoms with van der Waals surface area (Å²) in [6.45, 7) is 3.75. The summed E-state index contributed by atoms with van der Waals surface area (Å²) in [6.07, 6.45) is 0. The summed E-state index contributed by atoms with van der Waals surface area (Å²) in [4.78, 5) is 24.9. The third-order valence-corrected chi connectivity index (χ3v) is 3.95. The summed E-state index contributed by atoms with van der Waals surface area (Å²) < 4.78 is 4.81. The first-order chi connectivity index (χ1) is 11.5. The lowest BCUT2D eigenvalue weighted by atomic mass is 9.90. The Kier molecular flexibility index (Phi) is 6.13. The Morgan fingerprint density at radius 2 is 1.33 bits per heavy atom. The minimum Gasteiger partial charge on any atom is -0.467 e. The molecule has 0 unspecified atom stereocenters. The third kappa shape index (κ3) is 4.22. The standard InChI is InChI=1S/C20H23NO3/c1-14(2)18(20(23)24-3)21-19(22)17(15-10-6-4-7-11-15)16-12-8-5-9-13-16/h4-14,17-18H,1-3H3,(H,21,22)/t18-/m0/s1. The Bertz CT molecular complexity index is 628. The van der Waals surface area contributed by atoms with E-state index in [2.05, 4.69) is 5.32 Å². The quantitative estimate of drug-likeness (QED) is 0.830. The van der Waals surface area contributed by atoms with Gasteiger partial charge in [-0.2, -0.15) is 0 Å². The first-order valence-electron chi connectivity index (χ1n) is 8.02. The first kappa shape index (κ1) is 17.7. The molecule has 0 saturated carbocycles. The number of nitrogens with one attached hydrogen (secondary N) is 1. The van der Waals surface area contributed by atoms with Crippen molar-refractivity contribution in [2.24, 2.45) is 5.92 Å². The van der Waals surface area contributed by atoms with Gasteiger partial charge in [0.1, 0.15) is 6.04 Å². The summed E-state index contributed by atoms with van der Waals surface area (Å²) in [5, 5.41) is 2.85. The molecule has 126 valence electrons. The van der Waals surface area contributed by atoms with Crippen LogP contribution in [0.5, 0.6) is 0 Å². The summed E-state index contributed by atoms with van der Waals surface area (Å²) in [7, 11) is 1.33. The van der Waals surface area contributed by atoms with E-state index in [4.69, 9.17) is 4.74 Å². The van der Waals surface area contributed by atoms with E-state index in [9.17, 15) is 9.59 Å². The Hall–Kier alpha value is -2.62. The summed E-state index contributed by atoms with van der Waals surface area (Å²) in [5.41, 5.74) is 1.77. The van der Waals surface area contributed by atoms with Gasteiger partial charge >= 0.3 is 5.97 Å². The molecule has 0 aromatic heterocycles. The molecule has 0 saturated heterocycles. The van der Waals surface area contributed by atoms with Crippen LogP contribution in [0, 0.1) is 5.92 Å². The molecule has 2 rings (SSSR count). The minimum absolute atomic E-state index is 0.0615. The minimum atomic E-state index is -0.669. The van der Waals surface area contributed by atoms with Crippen molar-refractivity contribution >= 4 is 11.9 Å². The Morgan fingerprint density at radius 1 is 0.875 bits per heavy atom. The molecule has 4 nitrogen and oxygen atoms in total. The second-order valence-corrected chi connectivity index (χ2v) is 6.01. The van der Waals surface area contributed by atoms with Gasteiger partial charge in [-0.3, -0.25) is 4.79 Å². The van der Waals surface area contributed by atoms with Gasteiger partial charge in [-0.15, -0.1) is 0 Å². The van der Waals surface area contributed by atoms with Gasteiger partial charge in [0.05, 0.1) is 13.0 Å². The lowest BCUT2D eigenvalue weighted by Gasteiger charge is -2.24. The predicted molar refractivity (Wildman–Crippen MR) is 93.5 cm³/mol. The molecule has 0 aliphatic carbocycles. The average molecular weight is 325 g/mol. The van der Waals surface area contributed by atoms with E-state index in [-0.39, 0.29) is 11.8 Å². The van der Waals surface area contributed by atoms with Crippen LogP contribution in [-0.2, 0) is 14.3 Å². The van der Waals surface area contributed by atoms with Crippen molar-refractivity contribution in [1.29, 1.82) is 0 Å². The van der Waals surface area contributed by atoms with Crippen LogP contribution < -0.4 is 5.32 Å². The molecule has 24 heavy (non-hydrogen) atoms. The molecule has 0 radical (unpaired) electrons. The van der Waals surface area contributed by atoms with Crippen LogP contribution in [0.25, 0.3) is 0 Å². The van der Waals surface area contributed by atoms with Crippen LogP contribution in [0.4, 0.5) is 0 Å². The third-order valence-electron chi connectivity index (χ3n) is 3.95. The topological polar surface area (TPSA) is 55.4 Å². The Morgan fingerprint density at radius 3 is 1.71 bits per heavy atom. The number of esters is 1. The van der Waals surface area contributed by atoms with Crippen LogP contribution >= 0.6 is 0 Å². The fourth-order valence-corrected chi connectivity index (χ4v) is 2.65. The van der Waals surface area contributed by atoms with Crippen molar-refractivity contribution < 1.29 is 14.3 Å². The number of benzene rings is 2. The first-order valence-corrected chi connectivity index (χ1v) is 8.02. The van der Waals surface area contributed by atoms with Crippen LogP contribution in [-0.4, -0.2) is 25.0 Å². The molecule has 0 spiro atoms. The summed E-state index contributed by atoms with van der Waals surface area (Å²) in [6, 6.07) is 18.4. The lowest BCUT2D eigenvalue weighted by molar-refractivity contribution is -0.146. The monoisotopic (exact) mass is 325 g/mol. The van der Waals surface area contributed by atoms with Crippen molar-refractivity contribution in [3.05, 3.63) is 71.8 Å². The molecular formula is C20H23NO3. The maximum atomic E-state index is 13.0. The molecular weight excluding hydrogens is 302 g/mol. The van der Waals surface area contributed by atoms with Crippen molar-refractivity contribution in [1.82, 2.24) is 5.32 Å². The number of hydrogen-bond acceptors (Lipinski definition) is 3. The highest BCUT2D eigenvalue weighted by Gasteiger charge is 2.30. The van der Waals surface area contributed by atoms with Crippen molar-refractivity contribution in [3.8, 4) is 0 Å². The van der Waals surface area contributed by atoms with Crippen molar-refractivity contribution in [3.63, 3.8) is 0 Å². The number of methoxy groups -OCH3 is 1. The van der Waals surface area contributed by atoms with E-state index in [0.29, 0.717) is 0 Å². The van der Waals surface area contributed by atoms with E-state index >= 15 is 0 Å². The number of amides is 1. The van der Waals surface area contributed by atoms with Gasteiger partial charge in [0.25, 0.3) is 0 Å². The van der Waals surface area contributed by atoms with Gasteiger partial charge in [-0.1, -0.05) is 74.5 Å². The molecule has 2 aromatic carbocycles. The Labute approximate surface area is 142 Å². The second-order valence-electron chi connectivity index (χ2n) is 6.01. The highest BCUT2D eigenvalue weighted by Crippen LogP contribution is 2.25. The number of carbonyl (C=O) groups is 2. The van der Waals surface area contributed by atoms with Gasteiger partial charge in [0.15, 0.2) is 0 Å². The molecule has 0 bridgehead atoms. The number of rotatable bonds is 6. The van der Waals surface area contributed by atoms with Gasteiger partial charge in [0.2, 0.25) is 5.91 Å². The number of hydrogen-bond donors (Lipinski definition) is 1. The normalized spacial score (nSPS) is 12.0. The molecule has 1 N–H and O–H groups in total. The summed E-state index contributed by atoms with van der Waals surface area (Å²) in [5.74, 6) is -1.18. The smallest absolute Gasteiger partial charge is 0.328 e. The van der Waals surface area contributed by atoms with Gasteiger partial charge in [-0.05, 0) is 17.0 Å². The van der Waals surface area contributed by atoms with Crippen molar-refractivity contribution in [2.75, 3.05) is 7.11 Å². The lowest BCUT2D eigenvalue weighted by Crippen LogP contribution is -2.46. The molecule has 0 aliphatic heterocycles. The molecule has 0 aliphatic rings. The zero-order valence-corrected chi connectivity index (χ0v) is 14.2. The summed E-state index contributed by atoms with van der Waals surface area (Å²) >= 11 is 0. The second kappa shape index (κ2) is 8.29. The van der Waals surface area contributed by atoms with Crippen LogP contribution in [0.15, 0.2) is 60.7 Å². The molecule has 4 heteroatoms. The van der Waals surface area contributed by atoms with Gasteiger partial charge in [0, 0.05) is 0 Å². The zero-order chi connectivity index (χ0) is 17.5. The number of carbonyl (C=O) groups excluding carboxylic acids is 2. The van der Waals surface area contributed by atoms with Crippen LogP contribution in [0.2, 0.25) is 0 Å². The predicted octanol–water partition coefficient (Wildman–Crippen LogP) is 3.13. The zero-order valence-electron chi connectivity index (χ0n) is 14.2. The van der Waals surface area contributed by atoms with Crippen LogP contribution in [0.1, 0.15) is 30.9 Å². The fourth-order valence-electron chi connectivity index (χ4n) is 2.65. The van der Waals surface area contributed by atoms with E-state index in [0.717, 1.165) is 11.1 Å². The highest BCUT2D eigenvalue weighted by molar-refractivity contribution is 5.91. The SMILES string of the molecule is COC(=O)[C@@H](NC(=O)C(c1ccccc1)c1ccccc1)C(C)C.